The van der Waals surface area contributed by atoms with Crippen molar-refractivity contribution in [3.05, 3.63) is 169 Å². The van der Waals surface area contributed by atoms with Crippen LogP contribution in [0.3, 0.4) is 0 Å². The second-order valence-corrected chi connectivity index (χ2v) is 13.2. The van der Waals surface area contributed by atoms with Crippen molar-refractivity contribution in [3.8, 4) is 28.1 Å². The molecule has 5 aromatic heterocycles. The van der Waals surface area contributed by atoms with Crippen LogP contribution in [-0.4, -0.2) is 24.1 Å². The highest BCUT2D eigenvalue weighted by Crippen LogP contribution is 2.38. The van der Waals surface area contributed by atoms with Crippen LogP contribution in [0.2, 0.25) is 0 Å². The summed E-state index contributed by atoms with van der Waals surface area (Å²) >= 11 is 0. The highest BCUT2D eigenvalue weighted by Gasteiger charge is 2.21. The normalized spacial score (nSPS) is 15.5. The largest absolute Gasteiger partial charge is 0.309 e. The van der Waals surface area contributed by atoms with Crippen LogP contribution in [0.4, 0.5) is 0 Å². The molecule has 3 aromatic carbocycles. The number of aryl methyl sites for hydroxylation is 1. The first-order valence-corrected chi connectivity index (χ1v) is 17.3. The number of hydrogen-bond acceptors (Lipinski definition) is 3. The maximum atomic E-state index is 5.33. The zero-order chi connectivity index (χ0) is 33.0. The molecule has 1 unspecified atom stereocenters. The zero-order valence-electron chi connectivity index (χ0n) is 27.4. The number of hydrogen-bond donors (Lipinski definition) is 0. The highest BCUT2D eigenvalue weighted by atomic mass is 15.0. The van der Waals surface area contributed by atoms with Crippen molar-refractivity contribution in [2.24, 2.45) is 0 Å². The van der Waals surface area contributed by atoms with Crippen LogP contribution >= 0.6 is 0 Å². The van der Waals surface area contributed by atoms with Gasteiger partial charge in [-0.05, 0) is 90.6 Å². The van der Waals surface area contributed by atoms with Crippen molar-refractivity contribution < 1.29 is 0 Å². The molecule has 5 heterocycles. The number of pyridine rings is 3. The van der Waals surface area contributed by atoms with E-state index in [1.165, 1.54) is 60.8 Å². The molecule has 5 nitrogen and oxygen atoms in total. The van der Waals surface area contributed by atoms with E-state index >= 15 is 0 Å². The Hall–Kier alpha value is -6.33. The van der Waals surface area contributed by atoms with Gasteiger partial charge in [0.2, 0.25) is 0 Å². The van der Waals surface area contributed by atoms with Gasteiger partial charge >= 0.3 is 0 Å². The van der Waals surface area contributed by atoms with Gasteiger partial charge in [-0.3, -0.25) is 15.0 Å². The van der Waals surface area contributed by atoms with Gasteiger partial charge in [0.1, 0.15) is 0 Å². The molecule has 238 valence electrons. The second kappa shape index (κ2) is 11.7. The van der Waals surface area contributed by atoms with Crippen molar-refractivity contribution in [2.75, 3.05) is 0 Å². The Morgan fingerprint density at radius 1 is 0.620 bits per heavy atom. The fourth-order valence-electron chi connectivity index (χ4n) is 7.91. The van der Waals surface area contributed by atoms with E-state index < -0.39 is 0 Å². The van der Waals surface area contributed by atoms with E-state index in [-0.39, 0.29) is 5.92 Å². The number of allylic oxidation sites excluding steroid dienone is 5. The first-order valence-electron chi connectivity index (χ1n) is 17.3. The third-order valence-electron chi connectivity index (χ3n) is 10.3. The van der Waals surface area contributed by atoms with Crippen molar-refractivity contribution in [1.82, 2.24) is 24.1 Å². The predicted molar refractivity (Wildman–Crippen MR) is 205 cm³/mol. The summed E-state index contributed by atoms with van der Waals surface area (Å²) < 4.78 is 4.73. The van der Waals surface area contributed by atoms with E-state index in [0.29, 0.717) is 0 Å². The van der Waals surface area contributed by atoms with Gasteiger partial charge in [0.05, 0.1) is 22.2 Å². The average Bonchev–Trinajstić information content (AvgIpc) is 3.71. The third kappa shape index (κ3) is 4.66. The SMILES string of the molecule is C1=Cc2c(c3cnccc3n2-c2ccc(-c3cc(-c4ccccc4)cc(C4C=CC(n5c6ccccc6c6cnccc65)=CC4)n3)cc2)CC1. The summed E-state index contributed by atoms with van der Waals surface area (Å²) in [5, 5.41) is 3.63. The van der Waals surface area contributed by atoms with Crippen LogP contribution in [0.15, 0.2) is 152 Å². The Morgan fingerprint density at radius 3 is 2.20 bits per heavy atom. The number of nitrogens with zero attached hydrogens (tertiary/aromatic N) is 5. The fraction of sp³-hybridized carbons (Fsp3) is 0.0889. The molecule has 50 heavy (non-hydrogen) atoms. The number of rotatable bonds is 5. The summed E-state index contributed by atoms with van der Waals surface area (Å²) in [5.74, 6) is 0.161. The molecule has 0 spiro atoms. The molecule has 0 bridgehead atoms. The van der Waals surface area contributed by atoms with E-state index in [4.69, 9.17) is 4.98 Å². The van der Waals surface area contributed by atoms with Crippen molar-refractivity contribution in [2.45, 2.75) is 25.2 Å². The summed E-state index contributed by atoms with van der Waals surface area (Å²) in [6.45, 7) is 0. The Kier molecular flexibility index (Phi) is 6.69. The Bertz CT molecular complexity index is 2620. The number of fused-ring (bicyclic) bond motifs is 6. The molecule has 0 radical (unpaired) electrons. The summed E-state index contributed by atoms with van der Waals surface area (Å²) in [4.78, 5) is 14.2. The minimum atomic E-state index is 0.161. The molecule has 0 saturated heterocycles. The molecule has 0 N–H and O–H groups in total. The van der Waals surface area contributed by atoms with E-state index in [0.717, 1.165) is 41.9 Å². The Balaban J connectivity index is 1.03. The lowest BCUT2D eigenvalue weighted by Gasteiger charge is -2.20. The number of aromatic nitrogens is 5. The fourth-order valence-corrected chi connectivity index (χ4v) is 7.91. The van der Waals surface area contributed by atoms with Gasteiger partial charge in [-0.25, -0.2) is 0 Å². The molecule has 2 aliphatic rings. The molecule has 2 aliphatic carbocycles. The summed E-state index contributed by atoms with van der Waals surface area (Å²) in [7, 11) is 0. The minimum absolute atomic E-state index is 0.161. The molecule has 5 heteroatoms. The van der Waals surface area contributed by atoms with Crippen LogP contribution < -0.4 is 0 Å². The lowest BCUT2D eigenvalue weighted by molar-refractivity contribution is 0.815. The van der Waals surface area contributed by atoms with E-state index in [1.54, 1.807) is 0 Å². The Morgan fingerprint density at radius 2 is 1.38 bits per heavy atom. The predicted octanol–water partition coefficient (Wildman–Crippen LogP) is 10.8. The summed E-state index contributed by atoms with van der Waals surface area (Å²) in [6.07, 6.45) is 22.2. The second-order valence-electron chi connectivity index (χ2n) is 13.2. The van der Waals surface area contributed by atoms with E-state index in [1.807, 2.05) is 24.8 Å². The van der Waals surface area contributed by atoms with E-state index in [9.17, 15) is 0 Å². The minimum Gasteiger partial charge on any atom is -0.309 e. The molecule has 0 amide bonds. The summed E-state index contributed by atoms with van der Waals surface area (Å²) in [6, 6.07) is 36.9. The maximum absolute atomic E-state index is 5.33. The van der Waals surface area contributed by atoms with E-state index in [2.05, 4.69) is 153 Å². The smallest absolute Gasteiger partial charge is 0.0711 e. The van der Waals surface area contributed by atoms with Gasteiger partial charge < -0.3 is 9.13 Å². The van der Waals surface area contributed by atoms with Gasteiger partial charge in [-0.15, -0.1) is 0 Å². The van der Waals surface area contributed by atoms with Crippen LogP contribution in [0, 0.1) is 0 Å². The zero-order valence-corrected chi connectivity index (χ0v) is 27.4. The van der Waals surface area contributed by atoms with Crippen LogP contribution in [0.5, 0.6) is 0 Å². The van der Waals surface area contributed by atoms with Crippen LogP contribution in [-0.2, 0) is 6.42 Å². The molecule has 0 fully saturated rings. The third-order valence-corrected chi connectivity index (χ3v) is 10.3. The van der Waals surface area contributed by atoms with Gasteiger partial charge in [-0.2, -0.15) is 0 Å². The number of para-hydroxylation sites is 1. The molecule has 1 atom stereocenters. The lowest BCUT2D eigenvalue weighted by atomic mass is 9.92. The average molecular weight is 644 g/mol. The molecule has 10 rings (SSSR count). The van der Waals surface area contributed by atoms with Crippen LogP contribution in [0.1, 0.15) is 35.7 Å². The maximum Gasteiger partial charge on any atom is 0.0711 e. The Labute approximate surface area is 290 Å². The topological polar surface area (TPSA) is 48.5 Å². The number of benzene rings is 3. The van der Waals surface area contributed by atoms with Crippen molar-refractivity contribution in [1.29, 1.82) is 0 Å². The molecule has 8 aromatic rings. The van der Waals surface area contributed by atoms with Gasteiger partial charge in [0.25, 0.3) is 0 Å². The van der Waals surface area contributed by atoms with Gasteiger partial charge in [0, 0.05) is 75.2 Å². The summed E-state index contributed by atoms with van der Waals surface area (Å²) in [5.41, 5.74) is 14.1. The van der Waals surface area contributed by atoms with Crippen molar-refractivity contribution in [3.63, 3.8) is 0 Å². The lowest BCUT2D eigenvalue weighted by Crippen LogP contribution is -2.05. The van der Waals surface area contributed by atoms with Gasteiger partial charge in [-0.1, -0.05) is 78.9 Å². The molecule has 0 aliphatic heterocycles. The van der Waals surface area contributed by atoms with Gasteiger partial charge in [0.15, 0.2) is 0 Å². The van der Waals surface area contributed by atoms with Crippen LogP contribution in [0.25, 0.3) is 72.6 Å². The quantitative estimate of drug-likeness (QED) is 0.187. The molecule has 0 saturated carbocycles. The standard InChI is InChI=1S/C45H33N5/c1-2-8-30(9-3-1)33-26-40(31-14-18-34(19-15-31)49-42-12-6-4-10-36(42)38-28-46-24-22-44(38)49)48-41(27-33)32-16-20-35(21-17-32)50-43-13-7-5-11-37(43)39-29-47-25-23-45(39)50/h1-4,6-10,12-14,16-29,31H,5,11,15H2. The first kappa shape index (κ1) is 28.7. The first-order chi connectivity index (χ1) is 24.8. The monoisotopic (exact) mass is 643 g/mol. The highest BCUT2D eigenvalue weighted by molar-refractivity contribution is 6.10. The molecular formula is C45H33N5. The van der Waals surface area contributed by atoms with Crippen molar-refractivity contribution >= 4 is 44.5 Å². The molecular weight excluding hydrogens is 611 g/mol.